The van der Waals surface area contributed by atoms with Crippen molar-refractivity contribution in [2.45, 2.75) is 314 Å². The van der Waals surface area contributed by atoms with Gasteiger partial charge in [0.05, 0.1) is 31.0 Å². The van der Waals surface area contributed by atoms with Crippen molar-refractivity contribution in [1.29, 1.82) is 0 Å². The third kappa shape index (κ3) is 31.1. The highest BCUT2D eigenvalue weighted by Crippen LogP contribution is 2.28. The van der Waals surface area contributed by atoms with Crippen LogP contribution in [0.25, 0.3) is 0 Å². The van der Waals surface area contributed by atoms with Gasteiger partial charge in [-0.2, -0.15) is 0 Å². The molecule has 8 heteroatoms. The molecule has 0 aliphatic heterocycles. The lowest BCUT2D eigenvalue weighted by atomic mass is 9.82. The van der Waals surface area contributed by atoms with Gasteiger partial charge < -0.3 is 35.6 Å². The molecule has 8 nitrogen and oxygen atoms in total. The molecule has 1 aliphatic carbocycles. The Kier molecular flexibility index (Phi) is 39.1. The molecule has 0 bridgehead atoms. The van der Waals surface area contributed by atoms with Crippen molar-refractivity contribution in [3.8, 4) is 0 Å². The second-order valence-corrected chi connectivity index (χ2v) is 19.3. The summed E-state index contributed by atoms with van der Waals surface area (Å²) in [6, 6.07) is -0.842. The molecule has 0 spiro atoms. The van der Waals surface area contributed by atoms with Gasteiger partial charge in [0.15, 0.2) is 0 Å². The van der Waals surface area contributed by atoms with Crippen molar-refractivity contribution in [2.24, 2.45) is 5.92 Å². The molecule has 0 aromatic rings. The quantitative estimate of drug-likeness (QED) is 0.0335. The predicted octanol–water partition coefficient (Wildman–Crippen LogP) is 12.6. The van der Waals surface area contributed by atoms with Crippen LogP contribution >= 0.6 is 0 Å². The van der Waals surface area contributed by atoms with Gasteiger partial charge >= 0.3 is 0 Å². The van der Waals surface area contributed by atoms with Crippen molar-refractivity contribution in [3.05, 3.63) is 0 Å². The largest absolute Gasteiger partial charge is 0.390 e. The van der Waals surface area contributed by atoms with Crippen LogP contribution < -0.4 is 5.32 Å². The van der Waals surface area contributed by atoms with E-state index in [-0.39, 0.29) is 18.4 Å². The highest BCUT2D eigenvalue weighted by molar-refractivity contribution is 5.76. The Morgan fingerprint density at radius 1 is 0.500 bits per heavy atom. The molecular weight excluding hydrogens is 751 g/mol. The summed E-state index contributed by atoms with van der Waals surface area (Å²) in [5.74, 6) is -0.446. The molecule has 6 N–H and O–H groups in total. The minimum Gasteiger partial charge on any atom is -0.390 e. The lowest BCUT2D eigenvalue weighted by Gasteiger charge is -2.39. The van der Waals surface area contributed by atoms with E-state index in [1.165, 1.54) is 193 Å². The number of amides is 1. The van der Waals surface area contributed by atoms with Crippen LogP contribution in [0.15, 0.2) is 0 Å². The molecule has 358 valence electrons. The van der Waals surface area contributed by atoms with E-state index in [1.807, 2.05) is 0 Å². The van der Waals surface area contributed by atoms with E-state index < -0.39 is 42.7 Å². The number of hydrogen-bond donors (Lipinski definition) is 6. The van der Waals surface area contributed by atoms with Crippen LogP contribution in [0.5, 0.6) is 0 Å². The number of hydrogen-bond acceptors (Lipinski definition) is 7. The predicted molar refractivity (Wildman–Crippen MR) is 252 cm³/mol. The van der Waals surface area contributed by atoms with Crippen LogP contribution in [0.2, 0.25) is 0 Å². The lowest BCUT2D eigenvalue weighted by Crippen LogP contribution is -2.56. The van der Waals surface area contributed by atoms with E-state index in [1.54, 1.807) is 6.92 Å². The molecule has 0 saturated heterocycles. The average Bonchev–Trinajstić information content (AvgIpc) is 3.24. The van der Waals surface area contributed by atoms with Crippen LogP contribution in [-0.2, 0) is 9.53 Å². The van der Waals surface area contributed by atoms with Gasteiger partial charge in [-0.15, -0.1) is 0 Å². The molecular formula is C52H103NO7. The Labute approximate surface area is 371 Å². The first-order chi connectivity index (χ1) is 29.2. The fraction of sp³-hybridized carbons (Fsp3) is 0.981. The molecule has 1 amide bonds. The maximum absolute atomic E-state index is 13.1. The Morgan fingerprint density at radius 2 is 0.833 bits per heavy atom. The molecule has 0 aromatic carbocycles. The minimum absolute atomic E-state index is 0.0981. The van der Waals surface area contributed by atoms with Gasteiger partial charge in [0.2, 0.25) is 5.91 Å². The zero-order valence-corrected chi connectivity index (χ0v) is 40.0. The summed E-state index contributed by atoms with van der Waals surface area (Å²) < 4.78 is 5.99. The molecule has 1 aliphatic rings. The zero-order valence-electron chi connectivity index (χ0n) is 40.0. The van der Waals surface area contributed by atoms with Crippen LogP contribution in [-0.4, -0.2) is 80.7 Å². The number of aliphatic hydroxyl groups excluding tert-OH is 5. The number of carbonyl (C=O) groups is 1. The van der Waals surface area contributed by atoms with Gasteiger partial charge in [0.1, 0.15) is 18.3 Å². The fourth-order valence-electron chi connectivity index (χ4n) is 9.18. The molecule has 1 fully saturated rings. The van der Waals surface area contributed by atoms with Gasteiger partial charge in [-0.3, -0.25) is 4.79 Å². The molecule has 0 unspecified atom stereocenters. The molecule has 0 heterocycles. The van der Waals surface area contributed by atoms with Crippen molar-refractivity contribution in [3.63, 3.8) is 0 Å². The maximum atomic E-state index is 13.1. The normalized spacial score (nSPS) is 21.0. The summed E-state index contributed by atoms with van der Waals surface area (Å²) in [4.78, 5) is 13.1. The first-order valence-electron chi connectivity index (χ1n) is 26.5. The van der Waals surface area contributed by atoms with E-state index in [9.17, 15) is 30.3 Å². The molecule has 1 saturated carbocycles. The zero-order chi connectivity index (χ0) is 43.9. The number of ether oxygens (including phenoxy) is 1. The third-order valence-electron chi connectivity index (χ3n) is 13.5. The number of carbonyl (C=O) groups excluding carboxylic acids is 1. The molecule has 8 atom stereocenters. The Hall–Kier alpha value is -0.770. The Balaban J connectivity index is 2.21. The van der Waals surface area contributed by atoms with Crippen LogP contribution in [0, 0.1) is 5.92 Å². The summed E-state index contributed by atoms with van der Waals surface area (Å²) in [5.41, 5.74) is 0. The van der Waals surface area contributed by atoms with Crippen LogP contribution in [0.3, 0.4) is 0 Å². The van der Waals surface area contributed by atoms with Crippen molar-refractivity contribution in [2.75, 3.05) is 6.61 Å². The first kappa shape index (κ1) is 57.2. The number of nitrogens with one attached hydrogen (secondary N) is 1. The molecule has 60 heavy (non-hydrogen) atoms. The number of aliphatic hydroxyl groups is 5. The standard InChI is InChI=1S/C52H103NO7/c1-4-6-8-10-12-14-16-18-19-20-21-22-23-24-25-26-27-28-29-31-33-35-37-39-41-48(55)53-45(43-60-47-42-44(3)49(56)52(59)51(47)58)50(57)46(54)40-38-36-34-32-30-17-15-13-11-9-7-5-2/h44-47,49-52,54,56-59H,4-43H2,1-3H3,(H,53,55)/t44-,45-,46+,47-,49-,50-,51-,52-/m0/s1. The Bertz CT molecular complexity index is 923. The smallest absolute Gasteiger partial charge is 0.220 e. The molecule has 0 aromatic heterocycles. The van der Waals surface area contributed by atoms with E-state index in [0.717, 1.165) is 38.5 Å². The second kappa shape index (κ2) is 41.0. The van der Waals surface area contributed by atoms with E-state index >= 15 is 0 Å². The summed E-state index contributed by atoms with van der Waals surface area (Å²) >= 11 is 0. The summed E-state index contributed by atoms with van der Waals surface area (Å²) in [5, 5.41) is 56.1. The monoisotopic (exact) mass is 854 g/mol. The van der Waals surface area contributed by atoms with Crippen molar-refractivity contribution >= 4 is 5.91 Å². The fourth-order valence-corrected chi connectivity index (χ4v) is 9.18. The van der Waals surface area contributed by atoms with Crippen molar-refractivity contribution < 1.29 is 35.1 Å². The van der Waals surface area contributed by atoms with Gasteiger partial charge in [-0.25, -0.2) is 0 Å². The highest BCUT2D eigenvalue weighted by atomic mass is 16.5. The van der Waals surface area contributed by atoms with E-state index in [0.29, 0.717) is 19.3 Å². The maximum Gasteiger partial charge on any atom is 0.220 e. The van der Waals surface area contributed by atoms with E-state index in [4.69, 9.17) is 4.74 Å². The number of rotatable bonds is 44. The van der Waals surface area contributed by atoms with E-state index in [2.05, 4.69) is 19.2 Å². The van der Waals surface area contributed by atoms with Gasteiger partial charge in [-0.1, -0.05) is 245 Å². The van der Waals surface area contributed by atoms with Gasteiger partial charge in [0, 0.05) is 6.42 Å². The topological polar surface area (TPSA) is 139 Å². The third-order valence-corrected chi connectivity index (χ3v) is 13.5. The number of unbranched alkanes of at least 4 members (excludes halogenated alkanes) is 34. The summed E-state index contributed by atoms with van der Waals surface area (Å²) in [7, 11) is 0. The van der Waals surface area contributed by atoms with Gasteiger partial charge in [0.25, 0.3) is 0 Å². The SMILES string of the molecule is CCCCCCCCCCCCCCCCCCCCCCCCCCC(=O)N[C@@H](CO[C@H]1C[C@H](C)[C@H](O)[C@H](O)[C@H]1O)[C@H](O)[C@H](O)CCCCCCCCCCCCCC. The second-order valence-electron chi connectivity index (χ2n) is 19.3. The first-order valence-corrected chi connectivity index (χ1v) is 26.5. The summed E-state index contributed by atoms with van der Waals surface area (Å²) in [6.45, 7) is 6.24. The van der Waals surface area contributed by atoms with Crippen LogP contribution in [0.4, 0.5) is 0 Å². The highest BCUT2D eigenvalue weighted by Gasteiger charge is 2.42. The average molecular weight is 854 g/mol. The minimum atomic E-state index is -1.32. The van der Waals surface area contributed by atoms with Crippen molar-refractivity contribution in [1.82, 2.24) is 5.32 Å². The summed E-state index contributed by atoms with van der Waals surface area (Å²) in [6.07, 6.45) is 41.2. The van der Waals surface area contributed by atoms with Gasteiger partial charge in [-0.05, 0) is 25.2 Å². The molecule has 1 rings (SSSR count). The molecule has 0 radical (unpaired) electrons. The Morgan fingerprint density at radius 3 is 1.20 bits per heavy atom. The lowest BCUT2D eigenvalue weighted by molar-refractivity contribution is -0.175. The van der Waals surface area contributed by atoms with Crippen LogP contribution in [0.1, 0.15) is 271 Å².